The summed E-state index contributed by atoms with van der Waals surface area (Å²) < 4.78 is 8.80. The fourth-order valence-electron chi connectivity index (χ4n) is 4.53. The summed E-state index contributed by atoms with van der Waals surface area (Å²) in [5.74, 6) is 2.26. The Labute approximate surface area is 178 Å². The molecule has 0 radical (unpaired) electrons. The zero-order valence-corrected chi connectivity index (χ0v) is 18.5. The predicted octanol–water partition coefficient (Wildman–Crippen LogP) is 6.55. The van der Waals surface area contributed by atoms with Crippen LogP contribution < -0.4 is 9.30 Å². The molecule has 0 spiro atoms. The Morgan fingerprint density at radius 3 is 2.50 bits per heavy atom. The summed E-state index contributed by atoms with van der Waals surface area (Å²) in [6.45, 7) is 10.9. The van der Waals surface area contributed by atoms with Crippen LogP contribution in [0.1, 0.15) is 42.1 Å². The van der Waals surface area contributed by atoms with E-state index in [4.69, 9.17) is 9.72 Å². The summed E-state index contributed by atoms with van der Waals surface area (Å²) in [5, 5.41) is 2.44. The third-order valence-corrected chi connectivity index (χ3v) is 6.28. The van der Waals surface area contributed by atoms with Gasteiger partial charge in [0.1, 0.15) is 12.8 Å². The number of hydrogen-bond acceptors (Lipinski definition) is 2. The lowest BCUT2D eigenvalue weighted by molar-refractivity contribution is -0.660. The lowest BCUT2D eigenvalue weighted by atomic mass is 9.88. The zero-order chi connectivity index (χ0) is 21.2. The normalized spacial score (nSPS) is 12.2. The number of aryl methyl sites for hydroxylation is 3. The highest BCUT2D eigenvalue weighted by Crippen LogP contribution is 2.50. The third-order valence-electron chi connectivity index (χ3n) is 6.28. The minimum Gasteiger partial charge on any atom is -0.449 e. The minimum absolute atomic E-state index is 0.413. The van der Waals surface area contributed by atoms with Crippen molar-refractivity contribution in [1.82, 2.24) is 4.98 Å². The van der Waals surface area contributed by atoms with Gasteiger partial charge in [-0.2, -0.15) is 4.57 Å². The minimum atomic E-state index is 0.413. The van der Waals surface area contributed by atoms with E-state index in [0.29, 0.717) is 5.92 Å². The van der Waals surface area contributed by atoms with Crippen molar-refractivity contribution in [2.24, 2.45) is 7.05 Å². The van der Waals surface area contributed by atoms with E-state index in [9.17, 15) is 0 Å². The maximum Gasteiger partial charge on any atom is 0.257 e. The molecular weight excluding hydrogens is 368 g/mol. The maximum atomic E-state index is 6.62. The van der Waals surface area contributed by atoms with E-state index in [-0.39, 0.29) is 0 Å². The molecule has 0 saturated carbocycles. The van der Waals surface area contributed by atoms with E-state index < -0.39 is 0 Å². The lowest BCUT2D eigenvalue weighted by Gasteiger charge is -2.24. The second kappa shape index (κ2) is 6.66. The van der Waals surface area contributed by atoms with E-state index in [0.717, 1.165) is 34.0 Å². The Morgan fingerprint density at radius 2 is 1.80 bits per heavy atom. The van der Waals surface area contributed by atoms with Crippen LogP contribution in [0.2, 0.25) is 0 Å². The summed E-state index contributed by atoms with van der Waals surface area (Å²) in [7, 11) is 2.10. The smallest absolute Gasteiger partial charge is 0.257 e. The SMILES string of the molecule is Cc1cc2c3c(c(C)c(C)cc3c1)-c1c(c(-c3ccc(C(C)C)nc3)cc[n+]1C)O2. The van der Waals surface area contributed by atoms with Gasteiger partial charge in [0, 0.05) is 34.5 Å². The number of ether oxygens (including phenoxy) is 1. The Morgan fingerprint density at radius 1 is 1.00 bits per heavy atom. The van der Waals surface area contributed by atoms with Gasteiger partial charge < -0.3 is 4.74 Å². The van der Waals surface area contributed by atoms with Gasteiger partial charge in [0.25, 0.3) is 5.69 Å². The molecule has 1 aliphatic rings. The molecular formula is C27H27N2O+. The molecule has 5 rings (SSSR count). The highest BCUT2D eigenvalue weighted by atomic mass is 16.5. The highest BCUT2D eigenvalue weighted by molar-refractivity contribution is 6.06. The number of nitrogens with zero attached hydrogens (tertiary/aromatic N) is 2. The van der Waals surface area contributed by atoms with Crippen LogP contribution in [0, 0.1) is 20.8 Å². The molecule has 0 N–H and O–H groups in total. The van der Waals surface area contributed by atoms with Gasteiger partial charge in [-0.1, -0.05) is 32.0 Å². The molecule has 2 aromatic carbocycles. The summed E-state index contributed by atoms with van der Waals surface area (Å²) in [5.41, 5.74) is 9.47. The van der Waals surface area contributed by atoms with Crippen molar-refractivity contribution in [2.75, 3.05) is 0 Å². The molecule has 0 bridgehead atoms. The Bertz CT molecular complexity index is 1320. The summed E-state index contributed by atoms with van der Waals surface area (Å²) in [6.07, 6.45) is 4.10. The first-order chi connectivity index (χ1) is 14.3. The molecule has 3 heteroatoms. The van der Waals surface area contributed by atoms with Gasteiger partial charge in [-0.3, -0.25) is 4.98 Å². The van der Waals surface area contributed by atoms with Crippen LogP contribution in [-0.4, -0.2) is 4.98 Å². The molecule has 0 fully saturated rings. The van der Waals surface area contributed by atoms with Crippen LogP contribution in [0.3, 0.4) is 0 Å². The van der Waals surface area contributed by atoms with Crippen molar-refractivity contribution in [1.29, 1.82) is 0 Å². The van der Waals surface area contributed by atoms with Crippen molar-refractivity contribution < 1.29 is 9.30 Å². The summed E-state index contributed by atoms with van der Waals surface area (Å²) in [4.78, 5) is 4.69. The molecule has 4 aromatic rings. The van der Waals surface area contributed by atoms with Crippen LogP contribution in [0.5, 0.6) is 11.5 Å². The average molecular weight is 396 g/mol. The lowest BCUT2D eigenvalue weighted by Crippen LogP contribution is -2.32. The third kappa shape index (κ3) is 2.72. The van der Waals surface area contributed by atoms with Crippen molar-refractivity contribution in [3.63, 3.8) is 0 Å². The summed E-state index contributed by atoms with van der Waals surface area (Å²) >= 11 is 0. The number of pyridine rings is 2. The maximum absolute atomic E-state index is 6.62. The Hall–Kier alpha value is -3.20. The summed E-state index contributed by atoms with van der Waals surface area (Å²) in [6, 6.07) is 13.1. The molecule has 0 unspecified atom stereocenters. The van der Waals surface area contributed by atoms with Crippen molar-refractivity contribution >= 4 is 10.8 Å². The first-order valence-electron chi connectivity index (χ1n) is 10.6. The second-order valence-electron chi connectivity index (χ2n) is 8.80. The van der Waals surface area contributed by atoms with Gasteiger partial charge in [0.05, 0.1) is 5.56 Å². The topological polar surface area (TPSA) is 26.0 Å². The first-order valence-corrected chi connectivity index (χ1v) is 10.6. The van der Waals surface area contributed by atoms with Crippen LogP contribution >= 0.6 is 0 Å². The van der Waals surface area contributed by atoms with Gasteiger partial charge in [0.15, 0.2) is 6.20 Å². The van der Waals surface area contributed by atoms with Crippen molar-refractivity contribution in [2.45, 2.75) is 40.5 Å². The molecule has 3 heterocycles. The van der Waals surface area contributed by atoms with Gasteiger partial charge >= 0.3 is 0 Å². The molecule has 0 amide bonds. The van der Waals surface area contributed by atoms with E-state index >= 15 is 0 Å². The van der Waals surface area contributed by atoms with E-state index in [2.05, 4.69) is 88.8 Å². The molecule has 2 aromatic heterocycles. The standard InChI is InChI=1S/C27H27N2O/c1-15(2)22-8-7-19(14-28-22)21-9-10-29(6)26-24-18(5)17(4)13-20-11-16(3)12-23(25(20)24)30-27(21)26/h7-15H,1-6H3/q+1. The molecule has 0 saturated heterocycles. The van der Waals surface area contributed by atoms with E-state index in [1.807, 2.05) is 6.20 Å². The van der Waals surface area contributed by atoms with Crippen LogP contribution in [0.4, 0.5) is 0 Å². The van der Waals surface area contributed by atoms with Gasteiger partial charge in [-0.05, 0) is 60.9 Å². The fourth-order valence-corrected chi connectivity index (χ4v) is 4.53. The highest BCUT2D eigenvalue weighted by Gasteiger charge is 2.32. The first kappa shape index (κ1) is 18.8. The Balaban J connectivity index is 1.83. The number of fused-ring (bicyclic) bond motifs is 2. The predicted molar refractivity (Wildman–Crippen MR) is 122 cm³/mol. The molecule has 150 valence electrons. The van der Waals surface area contributed by atoms with Crippen molar-refractivity contribution in [3.8, 4) is 33.9 Å². The Kier molecular flexibility index (Phi) is 4.18. The van der Waals surface area contributed by atoms with E-state index in [1.165, 1.54) is 33.0 Å². The molecule has 3 nitrogen and oxygen atoms in total. The van der Waals surface area contributed by atoms with Gasteiger partial charge in [0.2, 0.25) is 5.75 Å². The molecule has 0 atom stereocenters. The molecule has 30 heavy (non-hydrogen) atoms. The average Bonchev–Trinajstić information content (AvgIpc) is 2.71. The van der Waals surface area contributed by atoms with Crippen LogP contribution in [-0.2, 0) is 7.05 Å². The zero-order valence-electron chi connectivity index (χ0n) is 18.5. The molecule has 0 aliphatic carbocycles. The monoisotopic (exact) mass is 395 g/mol. The molecule has 1 aliphatic heterocycles. The number of rotatable bonds is 2. The van der Waals surface area contributed by atoms with Gasteiger partial charge in [-0.25, -0.2) is 0 Å². The number of aromatic nitrogens is 2. The van der Waals surface area contributed by atoms with Crippen LogP contribution in [0.25, 0.3) is 33.2 Å². The van der Waals surface area contributed by atoms with Gasteiger partial charge in [-0.15, -0.1) is 0 Å². The quantitative estimate of drug-likeness (QED) is 0.317. The fraction of sp³-hybridized carbons (Fsp3) is 0.259. The number of benzene rings is 2. The van der Waals surface area contributed by atoms with E-state index in [1.54, 1.807) is 0 Å². The van der Waals surface area contributed by atoms with Crippen molar-refractivity contribution in [3.05, 3.63) is 71.2 Å². The largest absolute Gasteiger partial charge is 0.449 e. The second-order valence-corrected chi connectivity index (χ2v) is 8.80. The van der Waals surface area contributed by atoms with Crippen LogP contribution in [0.15, 0.2) is 48.8 Å². The number of hydrogen-bond donors (Lipinski definition) is 0.